The quantitative estimate of drug-likeness (QED) is 0.0195. The van der Waals surface area contributed by atoms with Crippen molar-refractivity contribution >= 4 is 19.8 Å². The summed E-state index contributed by atoms with van der Waals surface area (Å²) in [5, 5.41) is 0. The fraction of sp³-hybridized carbons (Fsp3) is 0.884. The summed E-state index contributed by atoms with van der Waals surface area (Å²) in [5.74, 6) is -0.832. The van der Waals surface area contributed by atoms with Crippen molar-refractivity contribution in [3.05, 3.63) is 36.5 Å². The molecular formula is C69H132NO8P. The van der Waals surface area contributed by atoms with Crippen LogP contribution >= 0.6 is 7.82 Å². The number of allylic oxidation sites excluding steroid dienone is 6. The van der Waals surface area contributed by atoms with Crippen LogP contribution in [0, 0.1) is 0 Å². The molecule has 0 radical (unpaired) electrons. The molecule has 0 fully saturated rings. The molecule has 0 amide bonds. The van der Waals surface area contributed by atoms with E-state index in [1.165, 1.54) is 238 Å². The summed E-state index contributed by atoms with van der Waals surface area (Å²) in [6.07, 6.45) is 76.6. The first kappa shape index (κ1) is 77.2. The van der Waals surface area contributed by atoms with Crippen LogP contribution in [0.1, 0.15) is 341 Å². The highest BCUT2D eigenvalue weighted by atomic mass is 31.2. The summed E-state index contributed by atoms with van der Waals surface area (Å²) in [4.78, 5) is 38.0. The summed E-state index contributed by atoms with van der Waals surface area (Å²) in [7, 11) is 1.17. The average Bonchev–Trinajstić information content (AvgIpc) is 3.41. The fourth-order valence-electron chi connectivity index (χ4n) is 10.1. The highest BCUT2D eigenvalue weighted by molar-refractivity contribution is 7.45. The zero-order chi connectivity index (χ0) is 57.7. The maximum atomic E-state index is 12.8. The van der Waals surface area contributed by atoms with Gasteiger partial charge in [-0.25, -0.2) is 0 Å². The second kappa shape index (κ2) is 60.8. The summed E-state index contributed by atoms with van der Waals surface area (Å²) in [5.41, 5.74) is 0. The smallest absolute Gasteiger partial charge is 0.306 e. The van der Waals surface area contributed by atoms with E-state index in [9.17, 15) is 19.0 Å². The molecule has 2 unspecified atom stereocenters. The highest BCUT2D eigenvalue weighted by Gasteiger charge is 2.22. The Balaban J connectivity index is 3.98. The Hall–Kier alpha value is -1.77. The van der Waals surface area contributed by atoms with E-state index in [1.807, 2.05) is 21.1 Å². The number of hydrogen-bond donors (Lipinski definition) is 0. The molecule has 0 N–H and O–H groups in total. The summed E-state index contributed by atoms with van der Waals surface area (Å²) >= 11 is 0. The summed E-state index contributed by atoms with van der Waals surface area (Å²) < 4.78 is 34.3. The van der Waals surface area contributed by atoms with Crippen LogP contribution in [0.4, 0.5) is 0 Å². The van der Waals surface area contributed by atoms with Gasteiger partial charge in [0, 0.05) is 12.8 Å². The lowest BCUT2D eigenvalue weighted by Crippen LogP contribution is -2.37. The van der Waals surface area contributed by atoms with Gasteiger partial charge in [-0.3, -0.25) is 14.2 Å². The highest BCUT2D eigenvalue weighted by Crippen LogP contribution is 2.38. The molecule has 0 aromatic heterocycles. The van der Waals surface area contributed by atoms with Gasteiger partial charge in [0.1, 0.15) is 19.8 Å². The molecule has 0 aliphatic rings. The Morgan fingerprint density at radius 3 is 1.01 bits per heavy atom. The molecule has 2 atom stereocenters. The lowest BCUT2D eigenvalue weighted by Gasteiger charge is -2.28. The van der Waals surface area contributed by atoms with Crippen molar-refractivity contribution in [1.29, 1.82) is 0 Å². The molecule has 0 heterocycles. The molecule has 0 bridgehead atoms. The predicted molar refractivity (Wildman–Crippen MR) is 337 cm³/mol. The van der Waals surface area contributed by atoms with E-state index in [-0.39, 0.29) is 32.0 Å². The average molecular weight is 1130 g/mol. The zero-order valence-electron chi connectivity index (χ0n) is 53.1. The number of ether oxygens (including phenoxy) is 2. The van der Waals surface area contributed by atoms with Crippen LogP contribution < -0.4 is 4.89 Å². The van der Waals surface area contributed by atoms with E-state index in [4.69, 9.17) is 18.5 Å². The number of phosphoric acid groups is 1. The fourth-order valence-corrected chi connectivity index (χ4v) is 10.9. The number of likely N-dealkylation sites (N-methyl/N-ethyl adjacent to an activating group) is 1. The largest absolute Gasteiger partial charge is 0.756 e. The molecule has 466 valence electrons. The molecular weight excluding hydrogens is 1000 g/mol. The van der Waals surface area contributed by atoms with Crippen molar-refractivity contribution in [3.8, 4) is 0 Å². The number of carbonyl (C=O) groups is 2. The molecule has 79 heavy (non-hydrogen) atoms. The molecule has 0 aromatic carbocycles. The van der Waals surface area contributed by atoms with Gasteiger partial charge < -0.3 is 27.9 Å². The minimum absolute atomic E-state index is 0.0323. The summed E-state index contributed by atoms with van der Waals surface area (Å²) in [6, 6.07) is 0. The van der Waals surface area contributed by atoms with Gasteiger partial charge >= 0.3 is 11.9 Å². The van der Waals surface area contributed by atoms with Gasteiger partial charge in [0.15, 0.2) is 6.10 Å². The maximum Gasteiger partial charge on any atom is 0.306 e. The maximum absolute atomic E-state index is 12.8. The van der Waals surface area contributed by atoms with Crippen LogP contribution in [0.15, 0.2) is 36.5 Å². The third kappa shape index (κ3) is 65.3. The van der Waals surface area contributed by atoms with E-state index in [0.29, 0.717) is 17.4 Å². The molecule has 0 rings (SSSR count). The molecule has 9 nitrogen and oxygen atoms in total. The van der Waals surface area contributed by atoms with Crippen LogP contribution in [0.3, 0.4) is 0 Å². The van der Waals surface area contributed by atoms with Crippen molar-refractivity contribution in [2.75, 3.05) is 47.5 Å². The SMILES string of the molecule is CCCCCCC/C=C\C/C=C\C/C=C\CCCCCCCCC(=O)OC(COC(=O)CCCCCCCCCCCCCCCCCCCCCCCCCCCCCCCCCCCC)COP(=O)([O-])OCC[N+](C)(C)C. The minimum atomic E-state index is -4.64. The van der Waals surface area contributed by atoms with Crippen molar-refractivity contribution < 1.29 is 42.1 Å². The van der Waals surface area contributed by atoms with E-state index < -0.39 is 26.5 Å². The van der Waals surface area contributed by atoms with Crippen molar-refractivity contribution in [3.63, 3.8) is 0 Å². The Labute approximate surface area is 491 Å². The Kier molecular flexibility index (Phi) is 59.4. The van der Waals surface area contributed by atoms with Gasteiger partial charge in [-0.2, -0.15) is 0 Å². The van der Waals surface area contributed by atoms with Crippen molar-refractivity contribution in [1.82, 2.24) is 0 Å². The normalized spacial score (nSPS) is 13.3. The van der Waals surface area contributed by atoms with Crippen LogP contribution in [0.5, 0.6) is 0 Å². The number of phosphoric ester groups is 1. The van der Waals surface area contributed by atoms with Gasteiger partial charge in [0.25, 0.3) is 7.82 Å². The predicted octanol–water partition coefficient (Wildman–Crippen LogP) is 21.3. The van der Waals surface area contributed by atoms with Gasteiger partial charge in [-0.15, -0.1) is 0 Å². The zero-order valence-corrected chi connectivity index (χ0v) is 54.0. The van der Waals surface area contributed by atoms with Gasteiger partial charge in [-0.05, 0) is 51.4 Å². The number of rotatable bonds is 64. The molecule has 0 spiro atoms. The third-order valence-electron chi connectivity index (χ3n) is 15.4. The number of esters is 2. The van der Waals surface area contributed by atoms with E-state index >= 15 is 0 Å². The lowest BCUT2D eigenvalue weighted by atomic mass is 10.0. The second-order valence-electron chi connectivity index (χ2n) is 24.6. The first-order chi connectivity index (χ1) is 38.5. The van der Waals surface area contributed by atoms with E-state index in [0.717, 1.165) is 70.6 Å². The van der Waals surface area contributed by atoms with Crippen molar-refractivity contribution in [2.24, 2.45) is 0 Å². The monoisotopic (exact) mass is 1130 g/mol. The van der Waals surface area contributed by atoms with Crippen LogP contribution in [0.2, 0.25) is 0 Å². The van der Waals surface area contributed by atoms with E-state index in [2.05, 4.69) is 50.3 Å². The van der Waals surface area contributed by atoms with Crippen LogP contribution in [-0.4, -0.2) is 70.0 Å². The first-order valence-corrected chi connectivity index (χ1v) is 35.7. The Morgan fingerprint density at radius 1 is 0.392 bits per heavy atom. The molecule has 0 aromatic rings. The van der Waals surface area contributed by atoms with Crippen molar-refractivity contribution in [2.45, 2.75) is 347 Å². The molecule has 0 saturated carbocycles. The number of nitrogens with zero attached hydrogens (tertiary/aromatic N) is 1. The third-order valence-corrected chi connectivity index (χ3v) is 16.4. The second-order valence-corrected chi connectivity index (χ2v) is 26.0. The minimum Gasteiger partial charge on any atom is -0.756 e. The number of hydrogen-bond acceptors (Lipinski definition) is 8. The Morgan fingerprint density at radius 2 is 0.684 bits per heavy atom. The molecule has 10 heteroatoms. The molecule has 0 aliphatic carbocycles. The number of unbranched alkanes of at least 4 members (excludes halogenated alkanes) is 44. The lowest BCUT2D eigenvalue weighted by molar-refractivity contribution is -0.870. The van der Waals surface area contributed by atoms with Crippen LogP contribution in [0.25, 0.3) is 0 Å². The number of carbonyl (C=O) groups excluding carboxylic acids is 2. The van der Waals surface area contributed by atoms with Gasteiger partial charge in [0.05, 0.1) is 27.7 Å². The van der Waals surface area contributed by atoms with Gasteiger partial charge in [-0.1, -0.05) is 314 Å². The topological polar surface area (TPSA) is 111 Å². The summed E-state index contributed by atoms with van der Waals surface area (Å²) in [6.45, 7) is 4.27. The molecule has 0 saturated heterocycles. The van der Waals surface area contributed by atoms with Gasteiger partial charge in [0.2, 0.25) is 0 Å². The standard InChI is InChI=1S/C69H132NO8P/c1-6-8-10-12-14-16-18-20-22-24-26-28-29-30-31-32-33-34-35-36-37-38-39-40-42-43-45-47-49-51-53-55-57-59-61-68(71)75-65-67(66-77-79(73,74)76-64-63-70(3,4)5)78-69(72)62-60-58-56-54-52-50-48-46-44-41-27-25-23-21-19-17-15-13-11-9-7-2/h19,21,25,27,44,46,67H,6-18,20,22-24,26,28-43,45,47-66H2,1-5H3/b21-19-,27-25-,46-44-. The van der Waals surface area contributed by atoms with E-state index in [1.54, 1.807) is 0 Å². The molecule has 0 aliphatic heterocycles. The number of quaternary nitrogens is 1. The Bertz CT molecular complexity index is 1430. The van der Waals surface area contributed by atoms with Crippen LogP contribution in [-0.2, 0) is 32.7 Å². The first-order valence-electron chi connectivity index (χ1n) is 34.2.